The van der Waals surface area contributed by atoms with Crippen molar-refractivity contribution in [3.63, 3.8) is 0 Å². The number of methoxy groups -OCH3 is 2. The molecule has 1 aliphatic rings. The van der Waals surface area contributed by atoms with E-state index in [0.717, 1.165) is 6.20 Å². The van der Waals surface area contributed by atoms with Gasteiger partial charge < -0.3 is 19.6 Å². The first-order valence-electron chi connectivity index (χ1n) is 9.71. The highest BCUT2D eigenvalue weighted by molar-refractivity contribution is 7.93. The van der Waals surface area contributed by atoms with Gasteiger partial charge in [0.1, 0.15) is 5.56 Å². The number of carbonyl (C=O) groups excluding carboxylic acids is 2. The lowest BCUT2D eigenvalue weighted by Gasteiger charge is -2.32. The molecule has 0 saturated carbocycles. The molecule has 9 nitrogen and oxygen atoms in total. The Kier molecular flexibility index (Phi) is 6.79. The van der Waals surface area contributed by atoms with Crippen molar-refractivity contribution in [2.24, 2.45) is 4.36 Å². The third-order valence-corrected chi connectivity index (χ3v) is 7.50. The number of rotatable bonds is 5. The third kappa shape index (κ3) is 4.96. The molecule has 1 aromatic carbocycles. The zero-order chi connectivity index (χ0) is 22.6. The van der Waals surface area contributed by atoms with Gasteiger partial charge in [-0.05, 0) is 31.0 Å². The Morgan fingerprint density at radius 1 is 1.16 bits per heavy atom. The summed E-state index contributed by atoms with van der Waals surface area (Å²) in [7, 11) is 0.136. The SMILES string of the molecule is COc1cccc(C(=O)N2CCC(S(C)(=O)=NC(=O)c3ccc[n+]([O-])c3)CC2)c1OC. The lowest BCUT2D eigenvalue weighted by Crippen LogP contribution is -2.42. The van der Waals surface area contributed by atoms with Crippen LogP contribution in [0.25, 0.3) is 0 Å². The number of ether oxygens (including phenoxy) is 2. The Balaban J connectivity index is 1.72. The van der Waals surface area contributed by atoms with Crippen LogP contribution < -0.4 is 14.2 Å². The van der Waals surface area contributed by atoms with E-state index >= 15 is 0 Å². The molecule has 2 amide bonds. The van der Waals surface area contributed by atoms with Gasteiger partial charge in [0.15, 0.2) is 23.9 Å². The largest absolute Gasteiger partial charge is 0.619 e. The molecule has 3 rings (SSSR count). The molecular formula is C21H25N3O6S. The maximum absolute atomic E-state index is 13.1. The minimum atomic E-state index is -2.85. The fourth-order valence-corrected chi connectivity index (χ4v) is 5.26. The number of piperidine rings is 1. The second-order valence-electron chi connectivity index (χ2n) is 7.24. The fourth-order valence-electron chi connectivity index (χ4n) is 3.60. The maximum atomic E-state index is 13.1. The normalized spacial score (nSPS) is 16.3. The van der Waals surface area contributed by atoms with Gasteiger partial charge >= 0.3 is 0 Å². The Bertz CT molecular complexity index is 1100. The summed E-state index contributed by atoms with van der Waals surface area (Å²) in [5.41, 5.74) is 0.484. The molecular weight excluding hydrogens is 422 g/mol. The van der Waals surface area contributed by atoms with Gasteiger partial charge in [-0.15, -0.1) is 0 Å². The first kappa shape index (κ1) is 22.5. The van der Waals surface area contributed by atoms with Crippen LogP contribution >= 0.6 is 0 Å². The van der Waals surface area contributed by atoms with Gasteiger partial charge in [-0.3, -0.25) is 9.59 Å². The van der Waals surface area contributed by atoms with E-state index in [1.807, 2.05) is 0 Å². The van der Waals surface area contributed by atoms with Crippen molar-refractivity contribution in [1.82, 2.24) is 4.90 Å². The molecule has 10 heteroatoms. The van der Waals surface area contributed by atoms with Crippen LogP contribution in [0.2, 0.25) is 0 Å². The smallest absolute Gasteiger partial charge is 0.291 e. The fraction of sp³-hybridized carbons (Fsp3) is 0.381. The molecule has 0 N–H and O–H groups in total. The van der Waals surface area contributed by atoms with Gasteiger partial charge in [0.05, 0.1) is 29.5 Å². The summed E-state index contributed by atoms with van der Waals surface area (Å²) in [5.74, 6) is -0.0423. The quantitative estimate of drug-likeness (QED) is 0.511. The standard InChI is InChI=1S/C21H25N3O6S/c1-29-18-8-4-7-17(19(18)30-2)21(26)23-12-9-16(10-13-23)31(3,28)22-20(25)15-6-5-11-24(27)14-15/h4-8,11,14,16H,9-10,12-13H2,1-3H3. The van der Waals surface area contributed by atoms with Crippen LogP contribution in [-0.4, -0.2) is 59.7 Å². The van der Waals surface area contributed by atoms with E-state index < -0.39 is 15.6 Å². The van der Waals surface area contributed by atoms with Crippen molar-refractivity contribution >= 4 is 21.5 Å². The predicted molar refractivity (Wildman–Crippen MR) is 115 cm³/mol. The average Bonchev–Trinajstić information content (AvgIpc) is 2.77. The average molecular weight is 448 g/mol. The maximum Gasteiger partial charge on any atom is 0.291 e. The van der Waals surface area contributed by atoms with E-state index in [1.54, 1.807) is 23.1 Å². The van der Waals surface area contributed by atoms with E-state index in [-0.39, 0.29) is 16.7 Å². The van der Waals surface area contributed by atoms with Crippen LogP contribution in [0.4, 0.5) is 0 Å². The highest BCUT2D eigenvalue weighted by Crippen LogP contribution is 2.32. The lowest BCUT2D eigenvalue weighted by atomic mass is 10.1. The Hall–Kier alpha value is -3.14. The minimum Gasteiger partial charge on any atom is -0.619 e. The summed E-state index contributed by atoms with van der Waals surface area (Å²) in [6.45, 7) is 0.759. The highest BCUT2D eigenvalue weighted by atomic mass is 32.2. The van der Waals surface area contributed by atoms with Gasteiger partial charge in [-0.2, -0.15) is 9.09 Å². The highest BCUT2D eigenvalue weighted by Gasteiger charge is 2.30. The van der Waals surface area contributed by atoms with Crippen LogP contribution in [0.3, 0.4) is 0 Å². The number of hydrogen-bond acceptors (Lipinski definition) is 6. The Labute approximate surface area is 181 Å². The molecule has 0 aliphatic carbocycles. The summed E-state index contributed by atoms with van der Waals surface area (Å²) in [6.07, 6.45) is 4.70. The number of nitrogens with zero attached hydrogens (tertiary/aromatic N) is 3. The molecule has 2 aromatic rings. The van der Waals surface area contributed by atoms with Crippen LogP contribution in [0, 0.1) is 5.21 Å². The number of amides is 2. The molecule has 0 bridgehead atoms. The molecule has 0 radical (unpaired) electrons. The number of carbonyl (C=O) groups is 2. The molecule has 1 aliphatic heterocycles. The Morgan fingerprint density at radius 2 is 1.87 bits per heavy atom. The van der Waals surface area contributed by atoms with Gasteiger partial charge in [-0.1, -0.05) is 6.07 Å². The van der Waals surface area contributed by atoms with E-state index in [9.17, 15) is 19.0 Å². The van der Waals surface area contributed by atoms with E-state index in [4.69, 9.17) is 9.47 Å². The van der Waals surface area contributed by atoms with Crippen molar-refractivity contribution in [2.45, 2.75) is 18.1 Å². The van der Waals surface area contributed by atoms with Crippen LogP contribution in [-0.2, 0) is 9.73 Å². The van der Waals surface area contributed by atoms with Crippen LogP contribution in [0.5, 0.6) is 11.5 Å². The van der Waals surface area contributed by atoms with E-state index in [2.05, 4.69) is 4.36 Å². The van der Waals surface area contributed by atoms with Crippen molar-refractivity contribution in [3.05, 3.63) is 59.1 Å². The molecule has 1 saturated heterocycles. The summed E-state index contributed by atoms with van der Waals surface area (Å²) in [5, 5.41) is 11.0. The topological polar surface area (TPSA) is 112 Å². The van der Waals surface area contributed by atoms with Crippen molar-refractivity contribution in [2.75, 3.05) is 33.6 Å². The first-order chi connectivity index (χ1) is 14.8. The number of hydrogen-bond donors (Lipinski definition) is 0. The molecule has 31 heavy (non-hydrogen) atoms. The Morgan fingerprint density at radius 3 is 2.48 bits per heavy atom. The van der Waals surface area contributed by atoms with Gasteiger partial charge in [0.25, 0.3) is 11.8 Å². The van der Waals surface area contributed by atoms with Crippen molar-refractivity contribution in [3.8, 4) is 11.5 Å². The minimum absolute atomic E-state index is 0.0878. The van der Waals surface area contributed by atoms with Gasteiger partial charge in [0.2, 0.25) is 0 Å². The number of pyridine rings is 1. The van der Waals surface area contributed by atoms with Crippen LogP contribution in [0.15, 0.2) is 47.1 Å². The molecule has 1 aromatic heterocycles. The molecule has 2 heterocycles. The summed E-state index contributed by atoms with van der Waals surface area (Å²) < 4.78 is 28.2. The summed E-state index contributed by atoms with van der Waals surface area (Å²) >= 11 is 0. The lowest BCUT2D eigenvalue weighted by molar-refractivity contribution is -0.605. The number of aromatic nitrogens is 1. The summed E-state index contributed by atoms with van der Waals surface area (Å²) in [6, 6.07) is 8.01. The zero-order valence-corrected chi connectivity index (χ0v) is 18.5. The molecule has 1 fully saturated rings. The van der Waals surface area contributed by atoms with E-state index in [0.29, 0.717) is 47.7 Å². The van der Waals surface area contributed by atoms with Gasteiger partial charge in [-0.25, -0.2) is 4.21 Å². The van der Waals surface area contributed by atoms with Gasteiger partial charge in [0, 0.05) is 30.7 Å². The zero-order valence-electron chi connectivity index (χ0n) is 17.6. The number of para-hydroxylation sites is 1. The number of likely N-dealkylation sites (tertiary alicyclic amines) is 1. The van der Waals surface area contributed by atoms with Crippen LogP contribution in [0.1, 0.15) is 33.6 Å². The summed E-state index contributed by atoms with van der Waals surface area (Å²) in [4.78, 5) is 27.0. The third-order valence-electron chi connectivity index (χ3n) is 5.27. The van der Waals surface area contributed by atoms with E-state index in [1.165, 1.54) is 38.8 Å². The molecule has 1 unspecified atom stereocenters. The predicted octanol–water partition coefficient (Wildman–Crippen LogP) is 1.88. The second kappa shape index (κ2) is 9.34. The molecule has 166 valence electrons. The number of benzene rings is 1. The molecule has 0 spiro atoms. The first-order valence-corrected chi connectivity index (χ1v) is 11.7. The second-order valence-corrected chi connectivity index (χ2v) is 9.81. The monoisotopic (exact) mass is 447 g/mol. The van der Waals surface area contributed by atoms with Crippen molar-refractivity contribution < 1.29 is 28.0 Å². The van der Waals surface area contributed by atoms with Crippen molar-refractivity contribution in [1.29, 1.82) is 0 Å². The molecule has 1 atom stereocenters.